The standard InChI is InChI=1S/C8H5BrCl2F2O/c9-3-4-1-7(14-8(12)13)6(11)2-5(4)10/h1-2,8H,3H2. The molecule has 1 aromatic rings. The van der Waals surface area contributed by atoms with Crippen LogP contribution in [0.25, 0.3) is 0 Å². The molecule has 6 heteroatoms. The topological polar surface area (TPSA) is 9.23 Å². The molecule has 78 valence electrons. The second kappa shape index (κ2) is 5.14. The molecule has 0 saturated heterocycles. The van der Waals surface area contributed by atoms with Crippen molar-refractivity contribution in [3.63, 3.8) is 0 Å². The van der Waals surface area contributed by atoms with E-state index < -0.39 is 6.61 Å². The molecule has 1 nitrogen and oxygen atoms in total. The number of rotatable bonds is 3. The Morgan fingerprint density at radius 2 is 1.93 bits per heavy atom. The molecule has 0 aliphatic carbocycles. The van der Waals surface area contributed by atoms with Gasteiger partial charge in [0.1, 0.15) is 5.75 Å². The van der Waals surface area contributed by atoms with Crippen molar-refractivity contribution in [2.45, 2.75) is 11.9 Å². The van der Waals surface area contributed by atoms with Crippen LogP contribution >= 0.6 is 39.1 Å². The molecule has 0 fully saturated rings. The van der Waals surface area contributed by atoms with Gasteiger partial charge in [-0.25, -0.2) is 0 Å². The molecule has 0 saturated carbocycles. The number of halogens is 5. The molecule has 0 aliphatic heterocycles. The Balaban J connectivity index is 3.04. The zero-order chi connectivity index (χ0) is 10.7. The smallest absolute Gasteiger partial charge is 0.387 e. The van der Waals surface area contributed by atoms with E-state index in [2.05, 4.69) is 20.7 Å². The number of ether oxygens (including phenoxy) is 1. The first-order valence-electron chi connectivity index (χ1n) is 3.53. The molecular formula is C8H5BrCl2F2O. The molecule has 0 bridgehead atoms. The third kappa shape index (κ3) is 2.97. The normalized spacial score (nSPS) is 10.7. The Bertz CT molecular complexity index is 333. The van der Waals surface area contributed by atoms with Gasteiger partial charge in [0.05, 0.1) is 5.02 Å². The maximum Gasteiger partial charge on any atom is 0.387 e. The van der Waals surface area contributed by atoms with Crippen LogP contribution in [0.4, 0.5) is 8.78 Å². The van der Waals surface area contributed by atoms with Crippen molar-refractivity contribution in [3.8, 4) is 5.75 Å². The van der Waals surface area contributed by atoms with Crippen LogP contribution in [-0.4, -0.2) is 6.61 Å². The first-order valence-corrected chi connectivity index (χ1v) is 5.41. The second-order valence-corrected chi connectivity index (χ2v) is 3.76. The third-order valence-corrected chi connectivity index (χ3v) is 2.71. The molecule has 0 amide bonds. The van der Waals surface area contributed by atoms with Gasteiger partial charge in [0.2, 0.25) is 0 Å². The van der Waals surface area contributed by atoms with Gasteiger partial charge in [-0.15, -0.1) is 0 Å². The van der Waals surface area contributed by atoms with Crippen molar-refractivity contribution >= 4 is 39.1 Å². The predicted molar refractivity (Wildman–Crippen MR) is 55.7 cm³/mol. The van der Waals surface area contributed by atoms with Gasteiger partial charge in [0.15, 0.2) is 0 Å². The van der Waals surface area contributed by atoms with E-state index >= 15 is 0 Å². The van der Waals surface area contributed by atoms with Crippen molar-refractivity contribution in [2.24, 2.45) is 0 Å². The molecule has 0 radical (unpaired) electrons. The van der Waals surface area contributed by atoms with E-state index in [0.29, 0.717) is 15.9 Å². The molecule has 0 N–H and O–H groups in total. The summed E-state index contributed by atoms with van der Waals surface area (Å²) >= 11 is 14.6. The molecule has 1 aromatic carbocycles. The maximum absolute atomic E-state index is 11.9. The van der Waals surface area contributed by atoms with E-state index in [-0.39, 0.29) is 10.8 Å². The highest BCUT2D eigenvalue weighted by Crippen LogP contribution is 2.32. The van der Waals surface area contributed by atoms with Gasteiger partial charge in [-0.3, -0.25) is 0 Å². The Hall–Kier alpha value is -0.0600. The van der Waals surface area contributed by atoms with Gasteiger partial charge in [-0.2, -0.15) is 8.78 Å². The molecule has 14 heavy (non-hydrogen) atoms. The van der Waals surface area contributed by atoms with E-state index in [1.165, 1.54) is 12.1 Å². The molecule has 0 aliphatic rings. The van der Waals surface area contributed by atoms with E-state index in [0.717, 1.165) is 0 Å². The van der Waals surface area contributed by atoms with E-state index in [1.54, 1.807) is 0 Å². The van der Waals surface area contributed by atoms with Gasteiger partial charge in [-0.05, 0) is 17.7 Å². The minimum Gasteiger partial charge on any atom is -0.433 e. The molecule has 1 rings (SSSR count). The molecule has 0 unspecified atom stereocenters. The lowest BCUT2D eigenvalue weighted by atomic mass is 10.2. The Kier molecular flexibility index (Phi) is 4.41. The summed E-state index contributed by atoms with van der Waals surface area (Å²) in [6, 6.07) is 2.75. The summed E-state index contributed by atoms with van der Waals surface area (Å²) in [4.78, 5) is 0. The summed E-state index contributed by atoms with van der Waals surface area (Å²) in [5.74, 6) is -0.0690. The predicted octanol–water partition coefficient (Wildman–Crippen LogP) is 4.49. The zero-order valence-corrected chi connectivity index (χ0v) is 9.84. The Morgan fingerprint density at radius 3 is 2.43 bits per heavy atom. The average molecular weight is 306 g/mol. The van der Waals surface area contributed by atoms with Crippen LogP contribution in [0.3, 0.4) is 0 Å². The molecule has 0 heterocycles. The summed E-state index contributed by atoms with van der Waals surface area (Å²) in [5, 5.41) is 0.927. The van der Waals surface area contributed by atoms with Gasteiger partial charge in [0.25, 0.3) is 0 Å². The van der Waals surface area contributed by atoms with Crippen molar-refractivity contribution in [3.05, 3.63) is 27.7 Å². The van der Waals surface area contributed by atoms with E-state index in [4.69, 9.17) is 23.2 Å². The number of hydrogen-bond acceptors (Lipinski definition) is 1. The van der Waals surface area contributed by atoms with Crippen LogP contribution in [-0.2, 0) is 5.33 Å². The maximum atomic E-state index is 11.9. The first-order chi connectivity index (χ1) is 6.54. The van der Waals surface area contributed by atoms with Crippen molar-refractivity contribution < 1.29 is 13.5 Å². The highest BCUT2D eigenvalue weighted by atomic mass is 79.9. The highest BCUT2D eigenvalue weighted by Gasteiger charge is 2.11. The van der Waals surface area contributed by atoms with Crippen LogP contribution in [0, 0.1) is 0 Å². The molecule has 0 aromatic heterocycles. The number of alkyl halides is 3. The van der Waals surface area contributed by atoms with E-state index in [1.807, 2.05) is 0 Å². The fourth-order valence-electron chi connectivity index (χ4n) is 0.860. The lowest BCUT2D eigenvalue weighted by Gasteiger charge is -2.09. The van der Waals surface area contributed by atoms with Crippen LogP contribution in [0.2, 0.25) is 10.0 Å². The largest absolute Gasteiger partial charge is 0.433 e. The lowest BCUT2D eigenvalue weighted by Crippen LogP contribution is -2.02. The summed E-state index contributed by atoms with van der Waals surface area (Å²) in [5.41, 5.74) is 0.645. The number of hydrogen-bond donors (Lipinski definition) is 0. The summed E-state index contributed by atoms with van der Waals surface area (Å²) in [6.07, 6.45) is 0. The minimum atomic E-state index is -2.89. The SMILES string of the molecule is FC(F)Oc1cc(CBr)c(Cl)cc1Cl. The number of benzene rings is 1. The average Bonchev–Trinajstić information content (AvgIpc) is 2.09. The molecular weight excluding hydrogens is 301 g/mol. The highest BCUT2D eigenvalue weighted by molar-refractivity contribution is 9.08. The quantitative estimate of drug-likeness (QED) is 0.748. The van der Waals surface area contributed by atoms with Crippen LogP contribution in [0.15, 0.2) is 12.1 Å². The Labute approximate surface area is 98.1 Å². The third-order valence-electron chi connectivity index (χ3n) is 1.46. The first kappa shape index (κ1) is 12.0. The molecule has 0 spiro atoms. The van der Waals surface area contributed by atoms with E-state index in [9.17, 15) is 8.78 Å². The summed E-state index contributed by atoms with van der Waals surface area (Å²) in [7, 11) is 0. The fraction of sp³-hybridized carbons (Fsp3) is 0.250. The fourth-order valence-corrected chi connectivity index (χ4v) is 1.98. The van der Waals surface area contributed by atoms with Gasteiger partial charge < -0.3 is 4.74 Å². The van der Waals surface area contributed by atoms with Gasteiger partial charge in [0, 0.05) is 10.4 Å². The Morgan fingerprint density at radius 1 is 1.29 bits per heavy atom. The second-order valence-electron chi connectivity index (χ2n) is 2.39. The van der Waals surface area contributed by atoms with Crippen LogP contribution in [0.1, 0.15) is 5.56 Å². The van der Waals surface area contributed by atoms with Crippen LogP contribution in [0.5, 0.6) is 5.75 Å². The zero-order valence-electron chi connectivity index (χ0n) is 6.74. The lowest BCUT2D eigenvalue weighted by molar-refractivity contribution is -0.0498. The van der Waals surface area contributed by atoms with Crippen molar-refractivity contribution in [1.82, 2.24) is 0 Å². The molecule has 0 atom stereocenters. The van der Waals surface area contributed by atoms with Crippen molar-refractivity contribution in [2.75, 3.05) is 0 Å². The summed E-state index contributed by atoms with van der Waals surface area (Å²) in [6.45, 7) is -2.89. The van der Waals surface area contributed by atoms with Crippen LogP contribution < -0.4 is 4.74 Å². The minimum absolute atomic E-state index is 0.0690. The monoisotopic (exact) mass is 304 g/mol. The van der Waals surface area contributed by atoms with Gasteiger partial charge >= 0.3 is 6.61 Å². The van der Waals surface area contributed by atoms with Crippen molar-refractivity contribution in [1.29, 1.82) is 0 Å². The summed E-state index contributed by atoms with van der Waals surface area (Å²) < 4.78 is 28.0. The van der Waals surface area contributed by atoms with Gasteiger partial charge in [-0.1, -0.05) is 39.1 Å².